The van der Waals surface area contributed by atoms with E-state index in [4.69, 9.17) is 0 Å². The molecule has 36 heavy (non-hydrogen) atoms. The van der Waals surface area contributed by atoms with Gasteiger partial charge in [-0.3, -0.25) is 9.59 Å². The first-order valence-corrected chi connectivity index (χ1v) is 11.5. The van der Waals surface area contributed by atoms with Gasteiger partial charge < -0.3 is 10.2 Å². The third-order valence-electron chi connectivity index (χ3n) is 5.20. The van der Waals surface area contributed by atoms with Crippen molar-refractivity contribution in [3.63, 3.8) is 0 Å². The van der Waals surface area contributed by atoms with E-state index in [1.54, 1.807) is 48.0 Å². The van der Waals surface area contributed by atoms with E-state index >= 15 is 0 Å². The highest BCUT2D eigenvalue weighted by atomic mass is 32.1. The maximum Gasteiger partial charge on any atom is 0.416 e. The Kier molecular flexibility index (Phi) is 7.25. The summed E-state index contributed by atoms with van der Waals surface area (Å²) in [6.07, 6.45) is -1.61. The van der Waals surface area contributed by atoms with Crippen LogP contribution in [0.5, 0.6) is 0 Å². The molecule has 6 nitrogen and oxygen atoms in total. The summed E-state index contributed by atoms with van der Waals surface area (Å²) in [5.41, 5.74) is 3.06. The lowest BCUT2D eigenvalue weighted by Crippen LogP contribution is -2.26. The number of alkyl halides is 3. The van der Waals surface area contributed by atoms with E-state index in [-0.39, 0.29) is 11.5 Å². The van der Waals surface area contributed by atoms with Gasteiger partial charge >= 0.3 is 6.18 Å². The van der Waals surface area contributed by atoms with Gasteiger partial charge in [-0.25, -0.2) is 0 Å². The minimum Gasteiger partial charge on any atom is -0.322 e. The molecule has 0 aliphatic heterocycles. The van der Waals surface area contributed by atoms with Crippen molar-refractivity contribution in [2.45, 2.75) is 6.18 Å². The summed E-state index contributed by atoms with van der Waals surface area (Å²) in [7, 11) is 1.47. The first kappa shape index (κ1) is 24.8. The summed E-state index contributed by atoms with van der Waals surface area (Å²) in [6.45, 7) is 0. The fourth-order valence-electron chi connectivity index (χ4n) is 3.39. The van der Waals surface area contributed by atoms with Crippen LogP contribution in [0.3, 0.4) is 0 Å². The summed E-state index contributed by atoms with van der Waals surface area (Å²) in [4.78, 5) is 26.6. The molecule has 0 radical (unpaired) electrons. The number of benzene rings is 3. The molecule has 10 heteroatoms. The first-order valence-electron chi connectivity index (χ1n) is 10.6. The van der Waals surface area contributed by atoms with Crippen molar-refractivity contribution in [3.8, 4) is 10.6 Å². The van der Waals surface area contributed by atoms with Crippen molar-refractivity contribution in [3.05, 3.63) is 101 Å². The van der Waals surface area contributed by atoms with Crippen molar-refractivity contribution in [2.24, 2.45) is 0 Å². The van der Waals surface area contributed by atoms with Gasteiger partial charge in [-0.1, -0.05) is 41.7 Å². The predicted octanol–water partition coefficient (Wildman–Crippen LogP) is 6.15. The molecule has 0 aliphatic carbocycles. The molecule has 4 rings (SSSR count). The number of aromatic nitrogens is 2. The number of halogens is 3. The van der Waals surface area contributed by atoms with Gasteiger partial charge in [-0.15, -0.1) is 10.2 Å². The van der Waals surface area contributed by atoms with Crippen molar-refractivity contribution < 1.29 is 22.8 Å². The van der Waals surface area contributed by atoms with E-state index in [0.29, 0.717) is 21.9 Å². The number of anilines is 2. The lowest BCUT2D eigenvalue weighted by molar-refractivity contribution is -0.137. The highest BCUT2D eigenvalue weighted by Gasteiger charge is 2.31. The average Bonchev–Trinajstić information content (AvgIpc) is 3.41. The van der Waals surface area contributed by atoms with Crippen LogP contribution in [0.1, 0.15) is 21.5 Å². The fraction of sp³-hybridized carbons (Fsp3) is 0.0769. The molecule has 0 fully saturated rings. The second-order valence-electron chi connectivity index (χ2n) is 7.65. The van der Waals surface area contributed by atoms with Crippen LogP contribution in [0.2, 0.25) is 0 Å². The number of hydrogen-bond acceptors (Lipinski definition) is 5. The number of para-hydroxylation sites is 1. The minimum atomic E-state index is -4.54. The Labute approximate surface area is 208 Å². The van der Waals surface area contributed by atoms with Gasteiger partial charge in [0.2, 0.25) is 5.91 Å². The molecule has 3 aromatic carbocycles. The number of nitrogens with zero attached hydrogens (tertiary/aromatic N) is 3. The maximum atomic E-state index is 13.0. The second-order valence-corrected chi connectivity index (χ2v) is 8.48. The molecule has 1 N–H and O–H groups in total. The summed E-state index contributed by atoms with van der Waals surface area (Å²) >= 11 is 1.35. The molecule has 0 spiro atoms. The van der Waals surface area contributed by atoms with Crippen LogP contribution in [-0.2, 0) is 11.0 Å². The van der Waals surface area contributed by atoms with Crippen LogP contribution in [-0.4, -0.2) is 29.1 Å². The zero-order valence-corrected chi connectivity index (χ0v) is 19.7. The van der Waals surface area contributed by atoms with Gasteiger partial charge in [-0.05, 0) is 54.1 Å². The molecule has 0 saturated heterocycles. The van der Waals surface area contributed by atoms with E-state index in [2.05, 4.69) is 15.5 Å². The number of amides is 2. The maximum absolute atomic E-state index is 13.0. The smallest absolute Gasteiger partial charge is 0.322 e. The standard InChI is InChI=1S/C26H19F3N4O2S/c1-33(25(35)18-7-5-8-19(15-18)26(27,28)29)20-9-4-6-17(14-20)12-13-23(34)31-22-11-3-2-10-21(22)24-32-30-16-36-24/h2-16H,1H3,(H,31,34)/b13-12+. The predicted molar refractivity (Wildman–Crippen MR) is 134 cm³/mol. The number of carbonyl (C=O) groups excluding carboxylic acids is 2. The van der Waals surface area contributed by atoms with Gasteiger partial charge in [0.1, 0.15) is 10.5 Å². The lowest BCUT2D eigenvalue weighted by Gasteiger charge is -2.18. The Balaban J connectivity index is 1.47. The Hall–Kier alpha value is -4.31. The molecule has 2 amide bonds. The topological polar surface area (TPSA) is 75.2 Å². The number of hydrogen-bond donors (Lipinski definition) is 1. The average molecular weight is 509 g/mol. The molecule has 0 bridgehead atoms. The van der Waals surface area contributed by atoms with Crippen molar-refractivity contribution in [1.29, 1.82) is 0 Å². The Morgan fingerprint density at radius 3 is 2.53 bits per heavy atom. The summed E-state index contributed by atoms with van der Waals surface area (Å²) < 4.78 is 39.1. The molecular formula is C26H19F3N4O2S. The van der Waals surface area contributed by atoms with Crippen molar-refractivity contribution in [1.82, 2.24) is 10.2 Å². The van der Waals surface area contributed by atoms with E-state index in [1.165, 1.54) is 41.5 Å². The highest BCUT2D eigenvalue weighted by molar-refractivity contribution is 7.12. The van der Waals surface area contributed by atoms with Crippen LogP contribution in [0.4, 0.5) is 24.5 Å². The van der Waals surface area contributed by atoms with Gasteiger partial charge in [0, 0.05) is 29.9 Å². The molecular weight excluding hydrogens is 489 g/mol. The molecule has 0 aliphatic rings. The molecule has 1 aromatic heterocycles. The molecule has 182 valence electrons. The van der Waals surface area contributed by atoms with Crippen molar-refractivity contribution in [2.75, 3.05) is 17.3 Å². The highest BCUT2D eigenvalue weighted by Crippen LogP contribution is 2.30. The third-order valence-corrected chi connectivity index (χ3v) is 5.93. The van der Waals surface area contributed by atoms with Crippen LogP contribution in [0.25, 0.3) is 16.6 Å². The number of nitrogens with one attached hydrogen (secondary N) is 1. The Morgan fingerprint density at radius 2 is 1.78 bits per heavy atom. The van der Waals surface area contributed by atoms with Crippen molar-refractivity contribution >= 4 is 40.6 Å². The molecule has 0 unspecified atom stereocenters. The summed E-state index contributed by atoms with van der Waals surface area (Å²) in [5, 5.41) is 11.4. The van der Waals surface area contributed by atoms with E-state index in [1.807, 2.05) is 12.1 Å². The number of carbonyl (C=O) groups is 2. The summed E-state index contributed by atoms with van der Waals surface area (Å²) in [6, 6.07) is 18.2. The van der Waals surface area contributed by atoms with E-state index in [0.717, 1.165) is 17.7 Å². The third kappa shape index (κ3) is 5.84. The zero-order chi connectivity index (χ0) is 25.7. The summed E-state index contributed by atoms with van der Waals surface area (Å²) in [5.74, 6) is -0.959. The largest absolute Gasteiger partial charge is 0.416 e. The quantitative estimate of drug-likeness (QED) is 0.317. The zero-order valence-electron chi connectivity index (χ0n) is 18.9. The normalized spacial score (nSPS) is 11.4. The second kappa shape index (κ2) is 10.5. The fourth-order valence-corrected chi connectivity index (χ4v) is 3.99. The lowest BCUT2D eigenvalue weighted by atomic mass is 10.1. The SMILES string of the molecule is CN(C(=O)c1cccc(C(F)(F)F)c1)c1cccc(/C=C/C(=O)Nc2ccccc2-c2nncs2)c1. The first-order chi connectivity index (χ1) is 17.2. The Bertz CT molecular complexity index is 1420. The van der Waals surface area contributed by atoms with Crippen LogP contribution < -0.4 is 10.2 Å². The van der Waals surface area contributed by atoms with Crippen LogP contribution >= 0.6 is 11.3 Å². The molecule has 0 atom stereocenters. The number of rotatable bonds is 6. The monoisotopic (exact) mass is 508 g/mol. The van der Waals surface area contributed by atoms with Gasteiger partial charge in [-0.2, -0.15) is 13.2 Å². The minimum absolute atomic E-state index is 0.0817. The van der Waals surface area contributed by atoms with Gasteiger partial charge in [0.05, 0.1) is 11.3 Å². The van der Waals surface area contributed by atoms with E-state index in [9.17, 15) is 22.8 Å². The van der Waals surface area contributed by atoms with Gasteiger partial charge in [0.25, 0.3) is 5.91 Å². The van der Waals surface area contributed by atoms with Crippen LogP contribution in [0.15, 0.2) is 84.4 Å². The van der Waals surface area contributed by atoms with E-state index < -0.39 is 17.6 Å². The molecule has 1 heterocycles. The molecule has 0 saturated carbocycles. The Morgan fingerprint density at radius 1 is 1.00 bits per heavy atom. The molecule has 4 aromatic rings. The van der Waals surface area contributed by atoms with Crippen LogP contribution in [0, 0.1) is 0 Å². The van der Waals surface area contributed by atoms with Gasteiger partial charge in [0.15, 0.2) is 0 Å².